The van der Waals surface area contributed by atoms with Crippen LogP contribution in [0.4, 0.5) is 0 Å². The molecule has 19 heavy (non-hydrogen) atoms. The van der Waals surface area contributed by atoms with Gasteiger partial charge in [-0.2, -0.15) is 0 Å². The largest absolute Gasteiger partial charge is 0.477 e. The third kappa shape index (κ3) is 3.30. The minimum absolute atomic E-state index is 0.142. The first kappa shape index (κ1) is 14.0. The molecule has 2 heterocycles. The van der Waals surface area contributed by atoms with E-state index in [4.69, 9.17) is 5.11 Å². The van der Waals surface area contributed by atoms with Gasteiger partial charge in [-0.15, -0.1) is 11.3 Å². The average molecular weight is 283 g/mol. The zero-order valence-electron chi connectivity index (χ0n) is 10.8. The quantitative estimate of drug-likeness (QED) is 0.880. The Hall–Kier alpha value is -1.47. The van der Waals surface area contributed by atoms with Crippen LogP contribution in [0.15, 0.2) is 6.20 Å². The number of hydrogen-bond donors (Lipinski definition) is 1. The lowest BCUT2D eigenvalue weighted by molar-refractivity contribution is -0.154. The molecule has 1 aromatic rings. The molecule has 2 rings (SSSR count). The molecule has 0 bridgehead atoms. The van der Waals surface area contributed by atoms with Crippen molar-refractivity contribution in [1.29, 1.82) is 0 Å². The highest BCUT2D eigenvalue weighted by Crippen LogP contribution is 2.16. The number of carboxylic acids is 1. The highest BCUT2D eigenvalue weighted by Gasteiger charge is 2.24. The second kappa shape index (κ2) is 6.12. The summed E-state index contributed by atoms with van der Waals surface area (Å²) in [6, 6.07) is 0. The van der Waals surface area contributed by atoms with Crippen molar-refractivity contribution in [3.8, 4) is 0 Å². The molecule has 1 aromatic heterocycles. The average Bonchev–Trinajstić information content (AvgIpc) is 2.86. The summed E-state index contributed by atoms with van der Waals surface area (Å²) >= 11 is 1.17. The molecular formula is C12H17N3O3S. The van der Waals surface area contributed by atoms with Crippen LogP contribution >= 0.6 is 11.3 Å². The number of nitrogens with zero attached hydrogens (tertiary/aromatic N) is 3. The fourth-order valence-electron chi connectivity index (χ4n) is 2.14. The van der Waals surface area contributed by atoms with E-state index in [0.29, 0.717) is 19.4 Å². The molecule has 1 aliphatic rings. The summed E-state index contributed by atoms with van der Waals surface area (Å²) in [4.78, 5) is 27.0. The molecule has 0 aromatic carbocycles. The van der Waals surface area contributed by atoms with E-state index in [2.05, 4.69) is 4.98 Å². The summed E-state index contributed by atoms with van der Waals surface area (Å²) in [5.74, 6) is -0.809. The fraction of sp³-hybridized carbons (Fsp3) is 0.583. The fourth-order valence-corrected chi connectivity index (χ4v) is 2.89. The molecule has 6 nitrogen and oxygen atoms in total. The number of aromatic carboxylic acids is 1. The lowest BCUT2D eigenvalue weighted by atomic mass is 10.2. The van der Waals surface area contributed by atoms with Crippen molar-refractivity contribution in [2.75, 3.05) is 19.6 Å². The van der Waals surface area contributed by atoms with E-state index < -0.39 is 5.97 Å². The van der Waals surface area contributed by atoms with E-state index in [9.17, 15) is 9.59 Å². The molecule has 0 saturated carbocycles. The number of rotatable bonds is 5. The van der Waals surface area contributed by atoms with Gasteiger partial charge in [0.1, 0.15) is 4.88 Å². The molecule has 7 heteroatoms. The minimum Gasteiger partial charge on any atom is -0.477 e. The maximum absolute atomic E-state index is 11.9. The van der Waals surface area contributed by atoms with Crippen LogP contribution in [0, 0.1) is 0 Å². The number of aromatic nitrogens is 1. The van der Waals surface area contributed by atoms with Crippen LogP contribution in [0.3, 0.4) is 0 Å². The van der Waals surface area contributed by atoms with Crippen LogP contribution < -0.4 is 0 Å². The van der Waals surface area contributed by atoms with Gasteiger partial charge in [-0.3, -0.25) is 9.80 Å². The van der Waals surface area contributed by atoms with Gasteiger partial charge in [0.15, 0.2) is 0 Å². The van der Waals surface area contributed by atoms with E-state index >= 15 is 0 Å². The predicted octanol–water partition coefficient (Wildman–Crippen LogP) is 1.24. The lowest BCUT2D eigenvalue weighted by Gasteiger charge is -2.37. The summed E-state index contributed by atoms with van der Waals surface area (Å²) in [7, 11) is 0. The molecule has 0 spiro atoms. The molecule has 1 aliphatic heterocycles. The number of hydrogen-bond acceptors (Lipinski definition) is 5. The van der Waals surface area contributed by atoms with Crippen molar-refractivity contribution in [1.82, 2.24) is 15.0 Å². The number of carbonyl (C=O) groups is 2. The highest BCUT2D eigenvalue weighted by atomic mass is 32.1. The van der Waals surface area contributed by atoms with E-state index in [-0.39, 0.29) is 10.8 Å². The van der Waals surface area contributed by atoms with Gasteiger partial charge < -0.3 is 5.11 Å². The first-order valence-electron chi connectivity index (χ1n) is 6.35. The first-order valence-corrected chi connectivity index (χ1v) is 7.16. The number of amides is 1. The van der Waals surface area contributed by atoms with Crippen LogP contribution in [0.2, 0.25) is 0 Å². The zero-order chi connectivity index (χ0) is 13.8. The molecule has 1 saturated heterocycles. The van der Waals surface area contributed by atoms with Crippen LogP contribution in [-0.2, 0) is 11.2 Å². The van der Waals surface area contributed by atoms with Crippen molar-refractivity contribution in [2.45, 2.75) is 26.2 Å². The van der Waals surface area contributed by atoms with Crippen molar-refractivity contribution >= 4 is 23.2 Å². The molecule has 0 aliphatic carbocycles. The minimum atomic E-state index is -0.951. The summed E-state index contributed by atoms with van der Waals surface area (Å²) in [6.07, 6.45) is 3.47. The monoisotopic (exact) mass is 283 g/mol. The predicted molar refractivity (Wildman–Crippen MR) is 71.0 cm³/mol. The van der Waals surface area contributed by atoms with Gasteiger partial charge in [0.05, 0.1) is 11.2 Å². The Balaban J connectivity index is 1.95. The van der Waals surface area contributed by atoms with Gasteiger partial charge in [0.25, 0.3) is 0 Å². The maximum Gasteiger partial charge on any atom is 0.347 e. The van der Waals surface area contributed by atoms with Gasteiger partial charge in [0, 0.05) is 32.5 Å². The van der Waals surface area contributed by atoms with Gasteiger partial charge in [-0.05, 0) is 6.42 Å². The highest BCUT2D eigenvalue weighted by molar-refractivity contribution is 7.13. The SMILES string of the molecule is CCN1CCCC(=O)N1CCc1ncc(C(=O)O)s1. The molecular weight excluding hydrogens is 266 g/mol. The van der Waals surface area contributed by atoms with Crippen LogP contribution in [0.5, 0.6) is 0 Å². The van der Waals surface area contributed by atoms with Crippen LogP contribution in [0.1, 0.15) is 34.4 Å². The second-order valence-corrected chi connectivity index (χ2v) is 5.46. The first-order chi connectivity index (χ1) is 9.11. The summed E-state index contributed by atoms with van der Waals surface area (Å²) in [5, 5.41) is 13.4. The Morgan fingerprint density at radius 1 is 1.58 bits per heavy atom. The Kier molecular flexibility index (Phi) is 4.49. The van der Waals surface area contributed by atoms with Crippen LogP contribution in [0.25, 0.3) is 0 Å². The molecule has 0 radical (unpaired) electrons. The summed E-state index contributed by atoms with van der Waals surface area (Å²) < 4.78 is 0. The molecule has 0 atom stereocenters. The zero-order valence-corrected chi connectivity index (χ0v) is 11.7. The Labute approximate surface area is 115 Å². The molecule has 104 valence electrons. The molecule has 1 fully saturated rings. The Bertz CT molecular complexity index is 475. The van der Waals surface area contributed by atoms with E-state index in [1.807, 2.05) is 11.9 Å². The molecule has 1 N–H and O–H groups in total. The van der Waals surface area contributed by atoms with Crippen molar-refractivity contribution in [2.24, 2.45) is 0 Å². The van der Waals surface area contributed by atoms with E-state index in [1.165, 1.54) is 17.5 Å². The number of carbonyl (C=O) groups excluding carboxylic acids is 1. The number of carboxylic acid groups (broad SMARTS) is 1. The van der Waals surface area contributed by atoms with Crippen molar-refractivity contribution < 1.29 is 14.7 Å². The Morgan fingerprint density at radius 2 is 2.37 bits per heavy atom. The maximum atomic E-state index is 11.9. The third-order valence-electron chi connectivity index (χ3n) is 3.10. The van der Waals surface area contributed by atoms with Crippen molar-refractivity contribution in [3.63, 3.8) is 0 Å². The topological polar surface area (TPSA) is 73.7 Å². The number of hydrazine groups is 1. The summed E-state index contributed by atoms with van der Waals surface area (Å²) in [6.45, 7) is 4.31. The van der Waals surface area contributed by atoms with E-state index in [1.54, 1.807) is 5.01 Å². The van der Waals surface area contributed by atoms with Crippen molar-refractivity contribution in [3.05, 3.63) is 16.1 Å². The Morgan fingerprint density at radius 3 is 3.00 bits per heavy atom. The molecule has 0 unspecified atom stereocenters. The van der Waals surface area contributed by atoms with Gasteiger partial charge in [-0.25, -0.2) is 14.8 Å². The smallest absolute Gasteiger partial charge is 0.347 e. The van der Waals surface area contributed by atoms with E-state index in [0.717, 1.165) is 24.5 Å². The normalized spacial score (nSPS) is 16.9. The number of thiazole rings is 1. The van der Waals surface area contributed by atoms with Gasteiger partial charge >= 0.3 is 5.97 Å². The third-order valence-corrected chi connectivity index (χ3v) is 4.15. The second-order valence-electron chi connectivity index (χ2n) is 4.34. The van der Waals surface area contributed by atoms with Gasteiger partial charge in [-0.1, -0.05) is 6.92 Å². The summed E-state index contributed by atoms with van der Waals surface area (Å²) in [5.41, 5.74) is 0. The molecule has 1 amide bonds. The van der Waals surface area contributed by atoms with Crippen LogP contribution in [-0.4, -0.2) is 51.6 Å². The standard InChI is InChI=1S/C12H17N3O3S/c1-2-14-6-3-4-11(16)15(14)7-5-10-13-8-9(19-10)12(17)18/h8H,2-7H2,1H3,(H,17,18). The lowest BCUT2D eigenvalue weighted by Crippen LogP contribution is -2.51. The van der Waals surface area contributed by atoms with Gasteiger partial charge in [0.2, 0.25) is 5.91 Å².